The molecule has 17 heavy (non-hydrogen) atoms. The lowest BCUT2D eigenvalue weighted by atomic mass is 9.89. The average molecular weight is 241 g/mol. The summed E-state index contributed by atoms with van der Waals surface area (Å²) in [5.41, 5.74) is 1.13. The van der Waals surface area contributed by atoms with E-state index in [2.05, 4.69) is 67.2 Å². The van der Waals surface area contributed by atoms with Gasteiger partial charge < -0.3 is 0 Å². The van der Waals surface area contributed by atoms with E-state index in [9.17, 15) is 0 Å². The van der Waals surface area contributed by atoms with E-state index in [1.165, 1.54) is 25.9 Å². The summed E-state index contributed by atoms with van der Waals surface area (Å²) in [6.45, 7) is 23.4. The van der Waals surface area contributed by atoms with E-state index in [4.69, 9.17) is 0 Å². The van der Waals surface area contributed by atoms with Crippen molar-refractivity contribution in [3.63, 3.8) is 0 Å². The van der Waals surface area contributed by atoms with Crippen LogP contribution in [0.25, 0.3) is 0 Å². The molecule has 0 saturated carbocycles. The molecule has 0 radical (unpaired) electrons. The fourth-order valence-electron chi connectivity index (χ4n) is 2.02. The van der Waals surface area contributed by atoms with E-state index < -0.39 is 0 Å². The first-order valence-corrected chi connectivity index (χ1v) is 7.06. The lowest BCUT2D eigenvalue weighted by Gasteiger charge is -2.40. The Morgan fingerprint density at radius 1 is 0.706 bits per heavy atom. The van der Waals surface area contributed by atoms with Crippen molar-refractivity contribution in [1.82, 2.24) is 4.90 Å². The Morgan fingerprint density at radius 3 is 1.47 bits per heavy atom. The van der Waals surface area contributed by atoms with Gasteiger partial charge in [0.05, 0.1) is 0 Å². The Labute approximate surface area is 110 Å². The molecule has 0 aromatic carbocycles. The summed E-state index contributed by atoms with van der Waals surface area (Å²) in [6.07, 6.45) is 2.61. The second-order valence-corrected chi connectivity index (χ2v) is 8.82. The van der Waals surface area contributed by atoms with Crippen LogP contribution in [0, 0.1) is 10.8 Å². The molecule has 0 spiro atoms. The van der Waals surface area contributed by atoms with Gasteiger partial charge in [-0.25, -0.2) is 0 Å². The topological polar surface area (TPSA) is 3.24 Å². The highest BCUT2D eigenvalue weighted by atomic mass is 15.2. The van der Waals surface area contributed by atoms with Gasteiger partial charge in [0.1, 0.15) is 0 Å². The van der Waals surface area contributed by atoms with Crippen LogP contribution in [0.3, 0.4) is 0 Å². The van der Waals surface area contributed by atoms with Crippen LogP contribution in [0.15, 0.2) is 0 Å². The molecule has 0 aliphatic carbocycles. The minimum atomic E-state index is 0.283. The largest absolute Gasteiger partial charge is 0.298 e. The zero-order valence-corrected chi connectivity index (χ0v) is 13.8. The van der Waals surface area contributed by atoms with Crippen LogP contribution in [0.4, 0.5) is 0 Å². The van der Waals surface area contributed by atoms with Gasteiger partial charge in [-0.2, -0.15) is 0 Å². The van der Waals surface area contributed by atoms with E-state index in [1.807, 2.05) is 0 Å². The molecule has 0 rings (SSSR count). The highest BCUT2D eigenvalue weighted by Gasteiger charge is 2.25. The molecule has 0 unspecified atom stereocenters. The Balaban J connectivity index is 4.33. The molecule has 0 heterocycles. The monoisotopic (exact) mass is 241 g/mol. The van der Waals surface area contributed by atoms with Crippen molar-refractivity contribution < 1.29 is 0 Å². The third-order valence-electron chi connectivity index (χ3n) is 2.97. The van der Waals surface area contributed by atoms with Crippen LogP contribution in [0.5, 0.6) is 0 Å². The average Bonchev–Trinajstić information content (AvgIpc) is 1.95. The van der Waals surface area contributed by atoms with Crippen molar-refractivity contribution >= 4 is 0 Å². The molecule has 0 aliphatic rings. The summed E-state index contributed by atoms with van der Waals surface area (Å²) < 4.78 is 0. The molecule has 0 atom stereocenters. The summed E-state index contributed by atoms with van der Waals surface area (Å²) in [6, 6.07) is 0. The van der Waals surface area contributed by atoms with Gasteiger partial charge in [-0.05, 0) is 51.0 Å². The maximum atomic E-state index is 2.64. The molecule has 0 amide bonds. The van der Waals surface area contributed by atoms with Gasteiger partial charge >= 0.3 is 0 Å². The second kappa shape index (κ2) is 5.73. The summed E-state index contributed by atoms with van der Waals surface area (Å²) in [5.74, 6) is 0. The SMILES string of the molecule is CC(C)(C)CCCN(CC(C)(C)C)C(C)(C)C. The second-order valence-electron chi connectivity index (χ2n) is 8.82. The third-order valence-corrected chi connectivity index (χ3v) is 2.97. The van der Waals surface area contributed by atoms with Crippen molar-refractivity contribution in [3.05, 3.63) is 0 Å². The Morgan fingerprint density at radius 2 is 1.18 bits per heavy atom. The minimum absolute atomic E-state index is 0.283. The number of hydrogen-bond donors (Lipinski definition) is 0. The van der Waals surface area contributed by atoms with Gasteiger partial charge in [0.25, 0.3) is 0 Å². The van der Waals surface area contributed by atoms with E-state index >= 15 is 0 Å². The lowest BCUT2D eigenvalue weighted by molar-refractivity contribution is 0.0861. The summed E-state index contributed by atoms with van der Waals surface area (Å²) in [5, 5.41) is 0. The summed E-state index contributed by atoms with van der Waals surface area (Å²) in [7, 11) is 0. The molecule has 104 valence electrons. The normalized spacial score (nSPS) is 14.5. The molecule has 0 N–H and O–H groups in total. The lowest BCUT2D eigenvalue weighted by Crippen LogP contribution is -2.46. The van der Waals surface area contributed by atoms with Crippen molar-refractivity contribution in [1.29, 1.82) is 0 Å². The molecular formula is C16H35N. The van der Waals surface area contributed by atoms with Gasteiger partial charge in [-0.3, -0.25) is 4.90 Å². The zero-order valence-electron chi connectivity index (χ0n) is 13.8. The van der Waals surface area contributed by atoms with E-state index in [1.54, 1.807) is 0 Å². The predicted octanol–water partition coefficient (Wildman–Crippen LogP) is 4.96. The fraction of sp³-hybridized carbons (Fsp3) is 1.00. The first-order valence-electron chi connectivity index (χ1n) is 7.06. The van der Waals surface area contributed by atoms with E-state index in [0.29, 0.717) is 10.8 Å². The van der Waals surface area contributed by atoms with Gasteiger partial charge in [-0.1, -0.05) is 41.5 Å². The molecule has 0 bridgehead atoms. The van der Waals surface area contributed by atoms with Crippen LogP contribution in [-0.2, 0) is 0 Å². The van der Waals surface area contributed by atoms with Crippen molar-refractivity contribution in [2.75, 3.05) is 13.1 Å². The summed E-state index contributed by atoms with van der Waals surface area (Å²) in [4.78, 5) is 2.64. The molecule has 0 aromatic heterocycles. The van der Waals surface area contributed by atoms with Crippen LogP contribution in [-0.4, -0.2) is 23.5 Å². The molecule has 0 saturated heterocycles. The van der Waals surface area contributed by atoms with E-state index in [-0.39, 0.29) is 5.54 Å². The quantitative estimate of drug-likeness (QED) is 0.672. The van der Waals surface area contributed by atoms with Crippen LogP contribution < -0.4 is 0 Å². The summed E-state index contributed by atoms with van der Waals surface area (Å²) >= 11 is 0. The number of rotatable bonds is 4. The first kappa shape index (κ1) is 17.0. The molecule has 0 aromatic rings. The van der Waals surface area contributed by atoms with Crippen LogP contribution >= 0.6 is 0 Å². The fourth-order valence-corrected chi connectivity index (χ4v) is 2.02. The number of nitrogens with zero attached hydrogens (tertiary/aromatic N) is 1. The molecule has 1 heteroatoms. The predicted molar refractivity (Wildman–Crippen MR) is 79.5 cm³/mol. The highest BCUT2D eigenvalue weighted by molar-refractivity contribution is 4.80. The zero-order chi connectivity index (χ0) is 13.9. The van der Waals surface area contributed by atoms with Crippen LogP contribution in [0.2, 0.25) is 0 Å². The molecular weight excluding hydrogens is 206 g/mol. The van der Waals surface area contributed by atoms with Gasteiger partial charge in [0.15, 0.2) is 0 Å². The van der Waals surface area contributed by atoms with E-state index in [0.717, 1.165) is 0 Å². The maximum Gasteiger partial charge on any atom is 0.0125 e. The highest BCUT2D eigenvalue weighted by Crippen LogP contribution is 2.25. The Bertz CT molecular complexity index is 209. The van der Waals surface area contributed by atoms with Gasteiger partial charge in [-0.15, -0.1) is 0 Å². The minimum Gasteiger partial charge on any atom is -0.298 e. The smallest absolute Gasteiger partial charge is 0.0125 e. The molecule has 0 aliphatic heterocycles. The first-order chi connectivity index (χ1) is 7.31. The van der Waals surface area contributed by atoms with Crippen molar-refractivity contribution in [3.8, 4) is 0 Å². The molecule has 0 fully saturated rings. The van der Waals surface area contributed by atoms with Gasteiger partial charge in [0.2, 0.25) is 0 Å². The molecule has 1 nitrogen and oxygen atoms in total. The van der Waals surface area contributed by atoms with Crippen molar-refractivity contribution in [2.24, 2.45) is 10.8 Å². The standard InChI is InChI=1S/C16H35N/c1-14(2,3)11-10-12-17(16(7,8)9)13-15(4,5)6/h10-13H2,1-9H3. The van der Waals surface area contributed by atoms with Crippen LogP contribution in [0.1, 0.15) is 75.2 Å². The van der Waals surface area contributed by atoms with Crippen molar-refractivity contribution in [2.45, 2.75) is 80.7 Å². The Hall–Kier alpha value is -0.0400. The number of hydrogen-bond acceptors (Lipinski definition) is 1. The third kappa shape index (κ3) is 9.64. The van der Waals surface area contributed by atoms with Gasteiger partial charge in [0, 0.05) is 12.1 Å². The maximum absolute atomic E-state index is 2.64. The Kier molecular flexibility index (Phi) is 5.72.